The quantitative estimate of drug-likeness (QED) is 0.416. The average molecular weight is 229 g/mol. The highest BCUT2D eigenvalue weighted by molar-refractivity contribution is 6.31. The summed E-state index contributed by atoms with van der Waals surface area (Å²) in [7, 11) is 0. The van der Waals surface area contributed by atoms with Crippen LogP contribution in [0.3, 0.4) is 0 Å². The monoisotopic (exact) mass is 228 g/mol. The zero-order valence-corrected chi connectivity index (χ0v) is 10.3. The summed E-state index contributed by atoms with van der Waals surface area (Å²) in [6, 6.07) is 0. The van der Waals surface area contributed by atoms with Crippen LogP contribution in [0.2, 0.25) is 0 Å². The minimum Gasteiger partial charge on any atom is -0.435 e. The summed E-state index contributed by atoms with van der Waals surface area (Å²) in [6.45, 7) is 7.35. The Morgan fingerprint density at radius 1 is 1.27 bits per heavy atom. The number of hydrogen-bond acceptors (Lipinski definition) is 2. The second-order valence-electron chi connectivity index (χ2n) is 3.55. The zero-order valence-electron chi connectivity index (χ0n) is 9.58. The Morgan fingerprint density at radius 2 is 1.87 bits per heavy atom. The predicted molar refractivity (Wildman–Crippen MR) is 63.4 cm³/mol. The number of esters is 1. The maximum Gasteiger partial charge on any atom is 0.307 e. The third kappa shape index (κ3) is 8.01. The van der Waals surface area contributed by atoms with Crippen molar-refractivity contribution in [3.8, 4) is 0 Å². The number of hydrogen-bond donors (Lipinski definition) is 0. The van der Waals surface area contributed by atoms with Crippen molar-refractivity contribution in [1.82, 2.24) is 0 Å². The Kier molecular flexibility index (Phi) is 6.80. The molecule has 0 N–H and O–H groups in total. The van der Waals surface area contributed by atoms with Gasteiger partial charge in [0.1, 0.15) is 0 Å². The van der Waals surface area contributed by atoms with Crippen molar-refractivity contribution in [1.29, 1.82) is 0 Å². The number of allylic oxidation sites excluding steroid dienone is 5. The molecule has 0 radical (unpaired) electrons. The Bertz CT molecular complexity index is 299. The molecule has 15 heavy (non-hydrogen) atoms. The van der Waals surface area contributed by atoms with Crippen molar-refractivity contribution in [2.45, 2.75) is 27.7 Å². The first-order valence-electron chi connectivity index (χ1n) is 4.81. The van der Waals surface area contributed by atoms with Gasteiger partial charge >= 0.3 is 5.97 Å². The average Bonchev–Trinajstić information content (AvgIpc) is 2.13. The molecule has 2 nitrogen and oxygen atoms in total. The molecule has 0 saturated carbocycles. The van der Waals surface area contributed by atoms with Crippen LogP contribution >= 0.6 is 11.6 Å². The van der Waals surface area contributed by atoms with Gasteiger partial charge in [-0.25, -0.2) is 0 Å². The van der Waals surface area contributed by atoms with Crippen LogP contribution in [0.4, 0.5) is 0 Å². The van der Waals surface area contributed by atoms with E-state index < -0.39 is 0 Å². The van der Waals surface area contributed by atoms with Crippen molar-refractivity contribution in [3.63, 3.8) is 0 Å². The summed E-state index contributed by atoms with van der Waals surface area (Å²) in [5.41, 5.74) is 0.856. The van der Waals surface area contributed by atoms with Crippen LogP contribution in [0.5, 0.6) is 0 Å². The van der Waals surface area contributed by atoms with Gasteiger partial charge in [0.05, 0.1) is 6.26 Å². The summed E-state index contributed by atoms with van der Waals surface area (Å²) in [6.07, 6.45) is 6.85. The Hall–Kier alpha value is -1.02. The first kappa shape index (κ1) is 14.0. The number of halogens is 1. The van der Waals surface area contributed by atoms with Crippen molar-refractivity contribution in [2.24, 2.45) is 5.92 Å². The molecule has 0 bridgehead atoms. The minimum absolute atomic E-state index is 0.340. The van der Waals surface area contributed by atoms with E-state index in [1.807, 2.05) is 19.1 Å². The lowest BCUT2D eigenvalue weighted by Gasteiger charge is -1.97. The van der Waals surface area contributed by atoms with Crippen molar-refractivity contribution in [2.75, 3.05) is 0 Å². The van der Waals surface area contributed by atoms with E-state index in [4.69, 9.17) is 11.6 Å². The molecule has 0 atom stereocenters. The highest BCUT2D eigenvalue weighted by Gasteiger charge is 1.93. The third-order valence-electron chi connectivity index (χ3n) is 1.56. The molecule has 0 aliphatic heterocycles. The standard InChI is InChI=1S/C12H17ClO2/c1-9(2)5-6-12(13)10(3)7-8-15-11(4)14/h5-9H,1-4H3/b6-5+,8-7+,12-10-. The first-order chi connectivity index (χ1) is 6.93. The molecule has 0 aromatic carbocycles. The second-order valence-corrected chi connectivity index (χ2v) is 3.95. The summed E-state index contributed by atoms with van der Waals surface area (Å²) in [4.78, 5) is 10.5. The molecule has 0 aromatic heterocycles. The van der Waals surface area contributed by atoms with Gasteiger partial charge in [-0.05, 0) is 30.6 Å². The highest BCUT2D eigenvalue weighted by Crippen LogP contribution is 2.13. The molecule has 0 fully saturated rings. The molecule has 0 aromatic rings. The van der Waals surface area contributed by atoms with E-state index >= 15 is 0 Å². The summed E-state index contributed by atoms with van der Waals surface area (Å²) >= 11 is 5.99. The van der Waals surface area contributed by atoms with Crippen molar-refractivity contribution < 1.29 is 9.53 Å². The van der Waals surface area contributed by atoms with Gasteiger partial charge in [0, 0.05) is 12.0 Å². The lowest BCUT2D eigenvalue weighted by atomic mass is 10.2. The molecular weight excluding hydrogens is 212 g/mol. The van der Waals surface area contributed by atoms with Crippen LogP contribution in [0.15, 0.2) is 35.1 Å². The summed E-state index contributed by atoms with van der Waals surface area (Å²) in [5, 5.41) is 0.645. The van der Waals surface area contributed by atoms with Crippen LogP contribution in [0, 0.1) is 5.92 Å². The Balaban J connectivity index is 4.38. The SMILES string of the molecule is CC(=O)O/C=C/C(C)=C(Cl)/C=C/C(C)C. The van der Waals surface area contributed by atoms with E-state index in [1.54, 1.807) is 6.08 Å². The van der Waals surface area contributed by atoms with Gasteiger partial charge in [-0.3, -0.25) is 4.79 Å². The largest absolute Gasteiger partial charge is 0.435 e. The summed E-state index contributed by atoms with van der Waals surface area (Å²) < 4.78 is 4.65. The molecular formula is C12H17ClO2. The maximum atomic E-state index is 10.5. The fourth-order valence-corrected chi connectivity index (χ4v) is 0.856. The van der Waals surface area contributed by atoms with Crippen LogP contribution in [0.25, 0.3) is 0 Å². The van der Waals surface area contributed by atoms with Gasteiger partial charge in [-0.2, -0.15) is 0 Å². The molecule has 84 valence electrons. The lowest BCUT2D eigenvalue weighted by Crippen LogP contribution is -1.89. The fourth-order valence-electron chi connectivity index (χ4n) is 0.720. The van der Waals surface area contributed by atoms with Crippen molar-refractivity contribution in [3.05, 3.63) is 35.1 Å². The van der Waals surface area contributed by atoms with Gasteiger partial charge in [-0.15, -0.1) is 0 Å². The molecule has 0 rings (SSSR count). The normalized spacial score (nSPS) is 13.7. The molecule has 0 spiro atoms. The molecule has 0 saturated heterocycles. The predicted octanol–water partition coefficient (Wildman–Crippen LogP) is 3.79. The van der Waals surface area contributed by atoms with E-state index in [9.17, 15) is 4.79 Å². The Labute approximate surface area is 96.3 Å². The molecule has 0 aliphatic rings. The third-order valence-corrected chi connectivity index (χ3v) is 1.98. The first-order valence-corrected chi connectivity index (χ1v) is 5.19. The van der Waals surface area contributed by atoms with Crippen LogP contribution in [-0.2, 0) is 9.53 Å². The van der Waals surface area contributed by atoms with E-state index in [-0.39, 0.29) is 5.97 Å². The molecule has 0 unspecified atom stereocenters. The minimum atomic E-state index is -0.340. The molecule has 0 aliphatic carbocycles. The maximum absolute atomic E-state index is 10.5. The second kappa shape index (κ2) is 7.30. The Morgan fingerprint density at radius 3 is 2.33 bits per heavy atom. The smallest absolute Gasteiger partial charge is 0.307 e. The lowest BCUT2D eigenvalue weighted by molar-refractivity contribution is -0.135. The number of carbonyl (C=O) groups excluding carboxylic acids is 1. The van der Waals surface area contributed by atoms with Gasteiger partial charge in [-0.1, -0.05) is 31.5 Å². The van der Waals surface area contributed by atoms with Gasteiger partial charge in [0.25, 0.3) is 0 Å². The van der Waals surface area contributed by atoms with Gasteiger partial charge in [0.2, 0.25) is 0 Å². The number of ether oxygens (including phenoxy) is 1. The topological polar surface area (TPSA) is 26.3 Å². The van der Waals surface area contributed by atoms with Crippen LogP contribution in [0.1, 0.15) is 27.7 Å². The van der Waals surface area contributed by atoms with Crippen LogP contribution in [-0.4, -0.2) is 5.97 Å². The zero-order chi connectivity index (χ0) is 11.8. The van der Waals surface area contributed by atoms with E-state index in [2.05, 4.69) is 18.6 Å². The van der Waals surface area contributed by atoms with Gasteiger partial charge < -0.3 is 4.74 Å². The fraction of sp³-hybridized carbons (Fsp3) is 0.417. The van der Waals surface area contributed by atoms with Crippen LogP contribution < -0.4 is 0 Å². The highest BCUT2D eigenvalue weighted by atomic mass is 35.5. The summed E-state index contributed by atoms with van der Waals surface area (Å²) in [5.74, 6) is 0.122. The number of rotatable bonds is 4. The molecule has 3 heteroatoms. The van der Waals surface area contributed by atoms with Crippen molar-refractivity contribution >= 4 is 17.6 Å². The molecule has 0 amide bonds. The van der Waals surface area contributed by atoms with Gasteiger partial charge in [0.15, 0.2) is 0 Å². The number of carbonyl (C=O) groups is 1. The van der Waals surface area contributed by atoms with E-state index in [0.717, 1.165) is 5.57 Å². The molecule has 0 heterocycles. The van der Waals surface area contributed by atoms with E-state index in [1.165, 1.54) is 13.2 Å². The van der Waals surface area contributed by atoms with E-state index in [0.29, 0.717) is 11.0 Å².